The Hall–Kier alpha value is -2.08. The lowest BCUT2D eigenvalue weighted by molar-refractivity contribution is -0.136. The highest BCUT2D eigenvalue weighted by Crippen LogP contribution is 2.28. The van der Waals surface area contributed by atoms with Crippen molar-refractivity contribution >= 4 is 12.1 Å². The van der Waals surface area contributed by atoms with Gasteiger partial charge in [0.2, 0.25) is 5.91 Å². The van der Waals surface area contributed by atoms with E-state index in [1.165, 1.54) is 11.1 Å². The molecule has 3 rings (SSSR count). The number of hydrogen-bond donors (Lipinski definition) is 1. The number of oxime groups is 1. The lowest BCUT2D eigenvalue weighted by atomic mass is 10.1. The molecule has 1 aromatic carbocycles. The molecular weight excluding hydrogens is 248 g/mol. The maximum Gasteiger partial charge on any atom is 0.237 e. The first-order chi connectivity index (χ1) is 9.27. The van der Waals surface area contributed by atoms with E-state index in [9.17, 15) is 9.90 Å². The number of ether oxygens (including phenoxy) is 1. The number of carbonyl (C=O) groups excluding carboxylic acids is 1. The number of benzene rings is 1. The SMILES string of the molecule is O=C1C2C=NOC2C(O)N1CCOc1ccccc1. The third kappa shape index (κ3) is 2.15. The van der Waals surface area contributed by atoms with Gasteiger partial charge in [-0.25, -0.2) is 0 Å². The Labute approximate surface area is 110 Å². The van der Waals surface area contributed by atoms with Gasteiger partial charge in [-0.15, -0.1) is 0 Å². The fourth-order valence-electron chi connectivity index (χ4n) is 2.29. The molecule has 0 bridgehead atoms. The summed E-state index contributed by atoms with van der Waals surface area (Å²) in [5.41, 5.74) is 0. The number of aliphatic hydroxyl groups excluding tert-OH is 1. The second kappa shape index (κ2) is 4.89. The summed E-state index contributed by atoms with van der Waals surface area (Å²) in [5.74, 6) is 0.101. The van der Waals surface area contributed by atoms with E-state index in [4.69, 9.17) is 9.57 Å². The van der Waals surface area contributed by atoms with Crippen molar-refractivity contribution in [3.05, 3.63) is 30.3 Å². The van der Waals surface area contributed by atoms with Crippen molar-refractivity contribution in [3.63, 3.8) is 0 Å². The lowest BCUT2D eigenvalue weighted by Crippen LogP contribution is -2.39. The molecule has 6 nitrogen and oxygen atoms in total. The van der Waals surface area contributed by atoms with E-state index in [-0.39, 0.29) is 5.91 Å². The number of amides is 1. The molecule has 1 amide bonds. The van der Waals surface area contributed by atoms with Crippen LogP contribution in [0.5, 0.6) is 5.75 Å². The van der Waals surface area contributed by atoms with E-state index in [0.717, 1.165) is 5.75 Å². The molecule has 3 atom stereocenters. The van der Waals surface area contributed by atoms with Crippen molar-refractivity contribution < 1.29 is 19.5 Å². The van der Waals surface area contributed by atoms with E-state index in [1.54, 1.807) is 0 Å². The average Bonchev–Trinajstić information content (AvgIpc) is 2.99. The van der Waals surface area contributed by atoms with Gasteiger partial charge in [0.15, 0.2) is 12.3 Å². The predicted octanol–water partition coefficient (Wildman–Crippen LogP) is 0.227. The quantitative estimate of drug-likeness (QED) is 0.843. The third-order valence-corrected chi connectivity index (χ3v) is 3.28. The summed E-state index contributed by atoms with van der Waals surface area (Å²) < 4.78 is 5.51. The minimum Gasteiger partial charge on any atom is -0.492 e. The van der Waals surface area contributed by atoms with Crippen molar-refractivity contribution in [2.45, 2.75) is 12.3 Å². The molecule has 0 spiro atoms. The molecule has 1 aromatic rings. The molecule has 6 heteroatoms. The molecule has 0 aliphatic carbocycles. The zero-order valence-corrected chi connectivity index (χ0v) is 10.2. The van der Waals surface area contributed by atoms with Crippen LogP contribution in [0.3, 0.4) is 0 Å². The minimum absolute atomic E-state index is 0.171. The molecule has 19 heavy (non-hydrogen) atoms. The van der Waals surface area contributed by atoms with Crippen molar-refractivity contribution in [1.82, 2.24) is 4.90 Å². The first-order valence-electron chi connectivity index (χ1n) is 6.13. The molecule has 3 unspecified atom stereocenters. The van der Waals surface area contributed by atoms with Gasteiger partial charge in [0.1, 0.15) is 18.3 Å². The zero-order valence-electron chi connectivity index (χ0n) is 10.2. The molecule has 100 valence electrons. The van der Waals surface area contributed by atoms with E-state index in [2.05, 4.69) is 5.16 Å². The lowest BCUT2D eigenvalue weighted by Gasteiger charge is -2.22. The second-order valence-corrected chi connectivity index (χ2v) is 4.46. The Morgan fingerprint density at radius 3 is 2.89 bits per heavy atom. The summed E-state index contributed by atoms with van der Waals surface area (Å²) in [6, 6.07) is 9.33. The van der Waals surface area contributed by atoms with Gasteiger partial charge in [-0.3, -0.25) is 4.79 Å². The van der Waals surface area contributed by atoms with Crippen molar-refractivity contribution in [1.29, 1.82) is 0 Å². The molecule has 0 saturated carbocycles. The van der Waals surface area contributed by atoms with Gasteiger partial charge in [-0.1, -0.05) is 23.4 Å². The highest BCUT2D eigenvalue weighted by Gasteiger charge is 2.50. The van der Waals surface area contributed by atoms with Gasteiger partial charge in [-0.2, -0.15) is 0 Å². The number of nitrogens with zero attached hydrogens (tertiary/aromatic N) is 2. The van der Waals surface area contributed by atoms with Crippen LogP contribution in [0.4, 0.5) is 0 Å². The fraction of sp³-hybridized carbons (Fsp3) is 0.385. The Morgan fingerprint density at radius 2 is 2.16 bits per heavy atom. The van der Waals surface area contributed by atoms with E-state index < -0.39 is 18.2 Å². The van der Waals surface area contributed by atoms with Gasteiger partial charge in [0.05, 0.1) is 12.8 Å². The van der Waals surface area contributed by atoms with Crippen LogP contribution in [0.25, 0.3) is 0 Å². The van der Waals surface area contributed by atoms with Crippen molar-refractivity contribution in [2.75, 3.05) is 13.2 Å². The predicted molar refractivity (Wildman–Crippen MR) is 66.5 cm³/mol. The molecule has 2 aliphatic heterocycles. The summed E-state index contributed by atoms with van der Waals surface area (Å²) in [4.78, 5) is 18.3. The number of hydrogen-bond acceptors (Lipinski definition) is 5. The third-order valence-electron chi connectivity index (χ3n) is 3.28. The Morgan fingerprint density at radius 1 is 1.37 bits per heavy atom. The standard InChI is InChI=1S/C13H14N2O4/c16-12-10-8-14-19-11(10)13(17)15(12)6-7-18-9-4-2-1-3-5-9/h1-5,8,10-11,13,17H,6-7H2. The van der Waals surface area contributed by atoms with Crippen LogP contribution in [0.2, 0.25) is 0 Å². The molecule has 0 radical (unpaired) electrons. The second-order valence-electron chi connectivity index (χ2n) is 4.46. The van der Waals surface area contributed by atoms with Crippen LogP contribution in [0.15, 0.2) is 35.5 Å². The van der Waals surface area contributed by atoms with E-state index >= 15 is 0 Å². The van der Waals surface area contributed by atoms with Crippen LogP contribution in [0, 0.1) is 5.92 Å². The Kier molecular flexibility index (Phi) is 3.08. The Balaban J connectivity index is 1.56. The summed E-state index contributed by atoms with van der Waals surface area (Å²) in [6.07, 6.45) is -0.0996. The summed E-state index contributed by atoms with van der Waals surface area (Å²) in [7, 11) is 0. The first-order valence-corrected chi connectivity index (χ1v) is 6.13. The van der Waals surface area contributed by atoms with Crippen molar-refractivity contribution in [2.24, 2.45) is 11.1 Å². The normalized spacial score (nSPS) is 28.4. The monoisotopic (exact) mass is 262 g/mol. The van der Waals surface area contributed by atoms with Gasteiger partial charge in [0.25, 0.3) is 0 Å². The minimum atomic E-state index is -0.959. The maximum absolute atomic E-state index is 12.0. The smallest absolute Gasteiger partial charge is 0.237 e. The number of carbonyl (C=O) groups is 1. The van der Waals surface area contributed by atoms with Gasteiger partial charge in [0, 0.05) is 0 Å². The molecule has 2 heterocycles. The fourth-order valence-corrected chi connectivity index (χ4v) is 2.29. The first kappa shape index (κ1) is 12.0. The highest BCUT2D eigenvalue weighted by molar-refractivity contribution is 5.97. The summed E-state index contributed by atoms with van der Waals surface area (Å²) in [6.45, 7) is 0.641. The van der Waals surface area contributed by atoms with E-state index in [1.807, 2.05) is 30.3 Å². The number of aliphatic hydroxyl groups is 1. The summed E-state index contributed by atoms with van der Waals surface area (Å²) >= 11 is 0. The van der Waals surface area contributed by atoms with Crippen LogP contribution >= 0.6 is 0 Å². The number of likely N-dealkylation sites (tertiary alicyclic amines) is 1. The highest BCUT2D eigenvalue weighted by atomic mass is 16.7. The molecule has 1 fully saturated rings. The zero-order chi connectivity index (χ0) is 13.2. The number of fused-ring (bicyclic) bond motifs is 1. The molecular formula is C13H14N2O4. The molecule has 1 saturated heterocycles. The van der Waals surface area contributed by atoms with Crippen LogP contribution in [-0.2, 0) is 9.63 Å². The van der Waals surface area contributed by atoms with Gasteiger partial charge < -0.3 is 19.6 Å². The maximum atomic E-state index is 12.0. The van der Waals surface area contributed by atoms with Crippen LogP contribution in [0.1, 0.15) is 0 Å². The molecule has 0 aromatic heterocycles. The van der Waals surface area contributed by atoms with Gasteiger partial charge >= 0.3 is 0 Å². The van der Waals surface area contributed by atoms with Gasteiger partial charge in [-0.05, 0) is 12.1 Å². The number of rotatable bonds is 4. The van der Waals surface area contributed by atoms with Crippen LogP contribution in [-0.4, -0.2) is 47.6 Å². The topological polar surface area (TPSA) is 71.4 Å². The Bertz CT molecular complexity index is 491. The van der Waals surface area contributed by atoms with E-state index in [0.29, 0.717) is 13.2 Å². The van der Waals surface area contributed by atoms with Crippen molar-refractivity contribution in [3.8, 4) is 5.75 Å². The molecule has 2 aliphatic rings. The largest absolute Gasteiger partial charge is 0.492 e. The van der Waals surface area contributed by atoms with Crippen LogP contribution < -0.4 is 4.74 Å². The average molecular weight is 262 g/mol. The summed E-state index contributed by atoms with van der Waals surface area (Å²) in [5, 5.41) is 13.5. The number of para-hydroxylation sites is 1. The molecule has 1 N–H and O–H groups in total.